The average molecular weight is 281 g/mol. The number of likely N-dealkylation sites (N-methyl/N-ethyl adjacent to an activating group) is 1. The molecule has 0 spiro atoms. The van der Waals surface area contributed by atoms with Gasteiger partial charge in [0.1, 0.15) is 4.83 Å². The molecule has 0 saturated heterocycles. The van der Waals surface area contributed by atoms with Crippen molar-refractivity contribution in [1.29, 1.82) is 0 Å². The van der Waals surface area contributed by atoms with Gasteiger partial charge in [0.05, 0.1) is 29.2 Å². The van der Waals surface area contributed by atoms with Gasteiger partial charge in [0.2, 0.25) is 0 Å². The second kappa shape index (κ2) is 5.10. The molecular weight excluding hydrogens is 266 g/mol. The van der Waals surface area contributed by atoms with E-state index in [0.29, 0.717) is 20.7 Å². The van der Waals surface area contributed by atoms with E-state index in [9.17, 15) is 9.59 Å². The van der Waals surface area contributed by atoms with Crippen LogP contribution in [0.5, 0.6) is 0 Å². The number of aliphatic hydroxyl groups excluding tert-OH is 1. The van der Waals surface area contributed by atoms with E-state index in [1.54, 1.807) is 20.9 Å². The van der Waals surface area contributed by atoms with Crippen LogP contribution in [0.3, 0.4) is 0 Å². The van der Waals surface area contributed by atoms with Crippen molar-refractivity contribution in [3.05, 3.63) is 27.1 Å². The molecule has 0 bridgehead atoms. The van der Waals surface area contributed by atoms with Crippen molar-refractivity contribution < 1.29 is 9.90 Å². The van der Waals surface area contributed by atoms with Crippen molar-refractivity contribution in [3.63, 3.8) is 0 Å². The molecule has 19 heavy (non-hydrogen) atoms. The summed E-state index contributed by atoms with van der Waals surface area (Å²) < 4.78 is 0. The fourth-order valence-corrected chi connectivity index (χ4v) is 2.90. The van der Waals surface area contributed by atoms with E-state index in [2.05, 4.69) is 9.97 Å². The van der Waals surface area contributed by atoms with Gasteiger partial charge in [0.15, 0.2) is 0 Å². The molecule has 1 atom stereocenters. The summed E-state index contributed by atoms with van der Waals surface area (Å²) in [7, 11) is 1.63. The summed E-state index contributed by atoms with van der Waals surface area (Å²) >= 11 is 1.20. The van der Waals surface area contributed by atoms with Gasteiger partial charge < -0.3 is 15.0 Å². The molecule has 2 aromatic rings. The third kappa shape index (κ3) is 2.26. The number of aliphatic hydroxyl groups is 1. The predicted octanol–water partition coefficient (Wildman–Crippen LogP) is 0.746. The minimum atomic E-state index is -0.275. The lowest BCUT2D eigenvalue weighted by Gasteiger charge is -2.22. The lowest BCUT2D eigenvalue weighted by Crippen LogP contribution is -2.37. The molecule has 2 rings (SSSR count). The van der Waals surface area contributed by atoms with Crippen LogP contribution in [0.2, 0.25) is 0 Å². The Balaban J connectivity index is 2.52. The van der Waals surface area contributed by atoms with Crippen molar-refractivity contribution in [2.24, 2.45) is 0 Å². The van der Waals surface area contributed by atoms with Crippen LogP contribution in [0.4, 0.5) is 0 Å². The molecule has 2 aromatic heterocycles. The van der Waals surface area contributed by atoms with Gasteiger partial charge in [0.25, 0.3) is 11.5 Å². The maximum absolute atomic E-state index is 12.3. The Kier molecular flexibility index (Phi) is 3.68. The highest BCUT2D eigenvalue weighted by molar-refractivity contribution is 7.20. The summed E-state index contributed by atoms with van der Waals surface area (Å²) in [5, 5.41) is 9.56. The molecule has 0 aliphatic heterocycles. The summed E-state index contributed by atoms with van der Waals surface area (Å²) in [6.07, 6.45) is 1.33. The van der Waals surface area contributed by atoms with Gasteiger partial charge in [-0.1, -0.05) is 0 Å². The minimum absolute atomic E-state index is 0.106. The Labute approximate surface area is 113 Å². The predicted molar refractivity (Wildman–Crippen MR) is 73.6 cm³/mol. The lowest BCUT2D eigenvalue weighted by molar-refractivity contribution is 0.0686. The Morgan fingerprint density at radius 3 is 2.89 bits per heavy atom. The zero-order chi connectivity index (χ0) is 14.2. The van der Waals surface area contributed by atoms with E-state index in [1.165, 1.54) is 22.6 Å². The first-order chi connectivity index (χ1) is 8.97. The van der Waals surface area contributed by atoms with Crippen molar-refractivity contribution in [2.75, 3.05) is 13.7 Å². The standard InChI is InChI=1S/C12H15N3O3S/c1-6(4-16)15(3)12(18)9-7(2)8-10(17)13-5-14-11(8)19-9/h5-6,16H,4H2,1-3H3,(H,13,14,17). The van der Waals surface area contributed by atoms with Crippen molar-refractivity contribution in [1.82, 2.24) is 14.9 Å². The summed E-state index contributed by atoms with van der Waals surface area (Å²) in [5.74, 6) is -0.207. The van der Waals surface area contributed by atoms with E-state index >= 15 is 0 Å². The highest BCUT2D eigenvalue weighted by atomic mass is 32.1. The number of hydrogen-bond donors (Lipinski definition) is 2. The molecular formula is C12H15N3O3S. The second-order valence-electron chi connectivity index (χ2n) is 4.42. The normalized spacial score (nSPS) is 12.6. The van der Waals surface area contributed by atoms with Crippen LogP contribution in [0.1, 0.15) is 22.2 Å². The largest absolute Gasteiger partial charge is 0.394 e. The van der Waals surface area contributed by atoms with Crippen LogP contribution >= 0.6 is 11.3 Å². The summed E-state index contributed by atoms with van der Waals surface area (Å²) in [4.78, 5) is 33.2. The number of aromatic amines is 1. The number of hydrogen-bond acceptors (Lipinski definition) is 5. The Bertz CT molecular complexity index is 676. The number of amides is 1. The Morgan fingerprint density at radius 1 is 1.63 bits per heavy atom. The van der Waals surface area contributed by atoms with Gasteiger partial charge >= 0.3 is 0 Å². The van der Waals surface area contributed by atoms with Gasteiger partial charge in [-0.25, -0.2) is 4.98 Å². The average Bonchev–Trinajstić information content (AvgIpc) is 2.74. The van der Waals surface area contributed by atoms with Crippen LogP contribution in [0.15, 0.2) is 11.1 Å². The number of nitrogens with zero attached hydrogens (tertiary/aromatic N) is 2. The first kappa shape index (κ1) is 13.7. The second-order valence-corrected chi connectivity index (χ2v) is 5.41. The number of carbonyl (C=O) groups is 1. The molecule has 0 saturated carbocycles. The number of aryl methyl sites for hydroxylation is 1. The van der Waals surface area contributed by atoms with Crippen LogP contribution in [-0.4, -0.2) is 45.6 Å². The highest BCUT2D eigenvalue weighted by Gasteiger charge is 2.23. The van der Waals surface area contributed by atoms with E-state index < -0.39 is 0 Å². The fraction of sp³-hybridized carbons (Fsp3) is 0.417. The molecule has 1 unspecified atom stereocenters. The van der Waals surface area contributed by atoms with Crippen molar-refractivity contribution >= 4 is 27.5 Å². The summed E-state index contributed by atoms with van der Waals surface area (Å²) in [5.41, 5.74) is 0.395. The number of aromatic nitrogens is 2. The van der Waals surface area contributed by atoms with Crippen LogP contribution in [-0.2, 0) is 0 Å². The smallest absolute Gasteiger partial charge is 0.264 e. The van der Waals surface area contributed by atoms with Gasteiger partial charge in [0, 0.05) is 7.05 Å². The first-order valence-corrected chi connectivity index (χ1v) is 6.63. The molecule has 102 valence electrons. The van der Waals surface area contributed by atoms with E-state index in [-0.39, 0.29) is 24.1 Å². The molecule has 7 heteroatoms. The molecule has 0 fully saturated rings. The molecule has 0 aliphatic rings. The molecule has 2 heterocycles. The van der Waals surface area contributed by atoms with Gasteiger partial charge in [-0.05, 0) is 19.4 Å². The van der Waals surface area contributed by atoms with Crippen molar-refractivity contribution in [3.8, 4) is 0 Å². The maximum Gasteiger partial charge on any atom is 0.264 e. The van der Waals surface area contributed by atoms with Crippen LogP contribution in [0, 0.1) is 6.92 Å². The molecule has 0 aromatic carbocycles. The van der Waals surface area contributed by atoms with Gasteiger partial charge in [-0.3, -0.25) is 9.59 Å². The SMILES string of the molecule is Cc1c(C(=O)N(C)C(C)CO)sc2nc[nH]c(=O)c12. The van der Waals surface area contributed by atoms with Crippen LogP contribution in [0.25, 0.3) is 10.2 Å². The molecule has 1 amide bonds. The molecule has 6 nitrogen and oxygen atoms in total. The first-order valence-electron chi connectivity index (χ1n) is 5.82. The fourth-order valence-electron chi connectivity index (χ4n) is 1.77. The third-order valence-corrected chi connectivity index (χ3v) is 4.36. The number of fused-ring (bicyclic) bond motifs is 1. The van der Waals surface area contributed by atoms with E-state index in [1.807, 2.05) is 0 Å². The number of thiophene rings is 1. The minimum Gasteiger partial charge on any atom is -0.394 e. The van der Waals surface area contributed by atoms with Gasteiger partial charge in [-0.15, -0.1) is 11.3 Å². The Hall–Kier alpha value is -1.73. The third-order valence-electron chi connectivity index (χ3n) is 3.17. The number of H-pyrrole nitrogens is 1. The van der Waals surface area contributed by atoms with Crippen LogP contribution < -0.4 is 5.56 Å². The van der Waals surface area contributed by atoms with E-state index in [4.69, 9.17) is 5.11 Å². The highest BCUT2D eigenvalue weighted by Crippen LogP contribution is 2.27. The summed E-state index contributed by atoms with van der Waals surface area (Å²) in [6.45, 7) is 3.39. The molecule has 0 radical (unpaired) electrons. The molecule has 2 N–H and O–H groups in total. The zero-order valence-corrected chi connectivity index (χ0v) is 11.7. The maximum atomic E-state index is 12.3. The van der Waals surface area contributed by atoms with Crippen molar-refractivity contribution in [2.45, 2.75) is 19.9 Å². The molecule has 0 aliphatic carbocycles. The quantitative estimate of drug-likeness (QED) is 0.869. The Morgan fingerprint density at radius 2 is 2.32 bits per heavy atom. The van der Waals surface area contributed by atoms with E-state index in [0.717, 1.165) is 0 Å². The monoisotopic (exact) mass is 281 g/mol. The number of nitrogens with one attached hydrogen (secondary N) is 1. The number of rotatable bonds is 3. The lowest BCUT2D eigenvalue weighted by atomic mass is 10.2. The number of carbonyl (C=O) groups excluding carboxylic acids is 1. The van der Waals surface area contributed by atoms with Gasteiger partial charge in [-0.2, -0.15) is 0 Å². The zero-order valence-electron chi connectivity index (χ0n) is 10.9. The topological polar surface area (TPSA) is 86.3 Å². The summed E-state index contributed by atoms with van der Waals surface area (Å²) in [6, 6.07) is -0.275.